The Morgan fingerprint density at radius 1 is 1.18 bits per heavy atom. The third-order valence-corrected chi connectivity index (χ3v) is 3.84. The lowest BCUT2D eigenvalue weighted by Gasteiger charge is -2.27. The van der Waals surface area contributed by atoms with Crippen molar-refractivity contribution in [2.24, 2.45) is 4.99 Å². The standard InChI is InChI=1S/C17H30N4O/c1-6-21(7-2)14(3)12-19-17(18-4)20-13-15-8-10-16(22-5)11-9-15/h8-11,14H,6-7,12-13H2,1-5H3,(H2,18,19,20). The van der Waals surface area contributed by atoms with Crippen molar-refractivity contribution in [2.75, 3.05) is 33.8 Å². The summed E-state index contributed by atoms with van der Waals surface area (Å²) in [6.07, 6.45) is 0. The van der Waals surface area contributed by atoms with Gasteiger partial charge in [-0.05, 0) is 37.7 Å². The van der Waals surface area contributed by atoms with Gasteiger partial charge in [0, 0.05) is 26.2 Å². The van der Waals surface area contributed by atoms with Gasteiger partial charge in [0.2, 0.25) is 0 Å². The van der Waals surface area contributed by atoms with Crippen molar-refractivity contribution in [1.82, 2.24) is 15.5 Å². The van der Waals surface area contributed by atoms with E-state index in [1.165, 1.54) is 5.56 Å². The fraction of sp³-hybridized carbons (Fsp3) is 0.588. The molecule has 124 valence electrons. The van der Waals surface area contributed by atoms with Crippen LogP contribution in [0, 0.1) is 0 Å². The van der Waals surface area contributed by atoms with Gasteiger partial charge in [-0.1, -0.05) is 26.0 Å². The van der Waals surface area contributed by atoms with Crippen molar-refractivity contribution in [2.45, 2.75) is 33.4 Å². The van der Waals surface area contributed by atoms with E-state index in [4.69, 9.17) is 4.74 Å². The van der Waals surface area contributed by atoms with Crippen molar-refractivity contribution >= 4 is 5.96 Å². The first kappa shape index (κ1) is 18.3. The van der Waals surface area contributed by atoms with Gasteiger partial charge in [0.05, 0.1) is 7.11 Å². The first-order chi connectivity index (χ1) is 10.6. The maximum absolute atomic E-state index is 5.16. The molecule has 0 saturated heterocycles. The van der Waals surface area contributed by atoms with Crippen LogP contribution in [0.3, 0.4) is 0 Å². The number of hydrogen-bond donors (Lipinski definition) is 2. The van der Waals surface area contributed by atoms with Crippen LogP contribution < -0.4 is 15.4 Å². The van der Waals surface area contributed by atoms with Crippen molar-refractivity contribution < 1.29 is 4.74 Å². The molecule has 0 aliphatic rings. The Morgan fingerprint density at radius 2 is 1.82 bits per heavy atom. The highest BCUT2D eigenvalue weighted by molar-refractivity contribution is 5.79. The van der Waals surface area contributed by atoms with E-state index in [2.05, 4.69) is 53.4 Å². The number of likely N-dealkylation sites (N-methyl/N-ethyl adjacent to an activating group) is 1. The van der Waals surface area contributed by atoms with Gasteiger partial charge in [0.25, 0.3) is 0 Å². The largest absolute Gasteiger partial charge is 0.497 e. The lowest BCUT2D eigenvalue weighted by molar-refractivity contribution is 0.231. The molecule has 1 aromatic rings. The second-order valence-corrected chi connectivity index (χ2v) is 5.22. The monoisotopic (exact) mass is 306 g/mol. The number of rotatable bonds is 8. The zero-order chi connectivity index (χ0) is 16.4. The van der Waals surface area contributed by atoms with Crippen molar-refractivity contribution in [3.05, 3.63) is 29.8 Å². The molecule has 0 aliphatic carbocycles. The molecular formula is C17H30N4O. The zero-order valence-corrected chi connectivity index (χ0v) is 14.5. The molecule has 0 spiro atoms. The number of methoxy groups -OCH3 is 1. The normalized spacial score (nSPS) is 13.1. The minimum atomic E-state index is 0.481. The van der Waals surface area contributed by atoms with E-state index in [9.17, 15) is 0 Å². The van der Waals surface area contributed by atoms with Crippen molar-refractivity contribution in [1.29, 1.82) is 0 Å². The third-order valence-electron chi connectivity index (χ3n) is 3.84. The van der Waals surface area contributed by atoms with Crippen LogP contribution in [0.15, 0.2) is 29.3 Å². The molecule has 5 nitrogen and oxygen atoms in total. The summed E-state index contributed by atoms with van der Waals surface area (Å²) in [6, 6.07) is 8.52. The molecule has 22 heavy (non-hydrogen) atoms. The lowest BCUT2D eigenvalue weighted by Crippen LogP contribution is -2.45. The first-order valence-electron chi connectivity index (χ1n) is 7.96. The van der Waals surface area contributed by atoms with Gasteiger partial charge in [0.15, 0.2) is 5.96 Å². The molecule has 1 unspecified atom stereocenters. The summed E-state index contributed by atoms with van der Waals surface area (Å²) < 4.78 is 5.16. The van der Waals surface area contributed by atoms with Crippen LogP contribution in [0.1, 0.15) is 26.3 Å². The summed E-state index contributed by atoms with van der Waals surface area (Å²) in [4.78, 5) is 6.69. The molecule has 2 N–H and O–H groups in total. The highest BCUT2D eigenvalue weighted by atomic mass is 16.5. The number of hydrogen-bond acceptors (Lipinski definition) is 3. The molecule has 0 radical (unpaired) electrons. The summed E-state index contributed by atoms with van der Waals surface area (Å²) in [5, 5.41) is 6.72. The van der Waals surface area contributed by atoms with E-state index in [1.807, 2.05) is 12.1 Å². The van der Waals surface area contributed by atoms with Crippen molar-refractivity contribution in [3.8, 4) is 5.75 Å². The van der Waals surface area contributed by atoms with Gasteiger partial charge in [0.1, 0.15) is 5.75 Å². The Hall–Kier alpha value is -1.75. The van der Waals surface area contributed by atoms with Gasteiger partial charge in [-0.2, -0.15) is 0 Å². The maximum atomic E-state index is 5.16. The molecule has 0 fully saturated rings. The summed E-state index contributed by atoms with van der Waals surface area (Å²) in [5.74, 6) is 1.70. The zero-order valence-electron chi connectivity index (χ0n) is 14.5. The molecular weight excluding hydrogens is 276 g/mol. The second kappa shape index (κ2) is 10.1. The molecule has 0 amide bonds. The number of ether oxygens (including phenoxy) is 1. The number of nitrogens with zero attached hydrogens (tertiary/aromatic N) is 2. The predicted octanol–water partition coefficient (Wildman–Crippen LogP) is 2.09. The highest BCUT2D eigenvalue weighted by Crippen LogP contribution is 2.10. The maximum Gasteiger partial charge on any atom is 0.191 e. The van der Waals surface area contributed by atoms with Crippen LogP contribution in [-0.2, 0) is 6.54 Å². The molecule has 0 heterocycles. The quantitative estimate of drug-likeness (QED) is 0.570. The molecule has 0 aliphatic heterocycles. The van der Waals surface area contributed by atoms with Crippen LogP contribution in [0.5, 0.6) is 5.75 Å². The SMILES string of the molecule is CCN(CC)C(C)CNC(=NC)NCc1ccc(OC)cc1. The fourth-order valence-electron chi connectivity index (χ4n) is 2.37. The predicted molar refractivity (Wildman–Crippen MR) is 93.6 cm³/mol. The minimum absolute atomic E-state index is 0.481. The Kier molecular flexibility index (Phi) is 8.36. The van der Waals surface area contributed by atoms with E-state index in [0.717, 1.165) is 37.9 Å². The Morgan fingerprint density at radius 3 is 2.32 bits per heavy atom. The Balaban J connectivity index is 2.41. The highest BCUT2D eigenvalue weighted by Gasteiger charge is 2.10. The number of nitrogens with one attached hydrogen (secondary N) is 2. The van der Waals surface area contributed by atoms with Crippen molar-refractivity contribution in [3.63, 3.8) is 0 Å². The van der Waals surface area contributed by atoms with Gasteiger partial charge in [-0.3, -0.25) is 9.89 Å². The van der Waals surface area contributed by atoms with Crippen LogP contribution in [0.2, 0.25) is 0 Å². The van der Waals surface area contributed by atoms with Crippen LogP contribution in [-0.4, -0.2) is 50.7 Å². The van der Waals surface area contributed by atoms with E-state index in [0.29, 0.717) is 6.04 Å². The first-order valence-corrected chi connectivity index (χ1v) is 7.96. The number of benzene rings is 1. The lowest BCUT2D eigenvalue weighted by atomic mass is 10.2. The van der Waals surface area contributed by atoms with E-state index < -0.39 is 0 Å². The molecule has 0 bridgehead atoms. The molecule has 1 atom stereocenters. The summed E-state index contributed by atoms with van der Waals surface area (Å²) in [7, 11) is 3.47. The molecule has 0 aromatic heterocycles. The van der Waals surface area contributed by atoms with Gasteiger partial charge >= 0.3 is 0 Å². The van der Waals surface area contributed by atoms with E-state index in [1.54, 1.807) is 14.2 Å². The van der Waals surface area contributed by atoms with Gasteiger partial charge in [-0.15, -0.1) is 0 Å². The van der Waals surface area contributed by atoms with Gasteiger partial charge in [-0.25, -0.2) is 0 Å². The molecule has 1 aromatic carbocycles. The molecule has 5 heteroatoms. The molecule has 1 rings (SSSR count). The second-order valence-electron chi connectivity index (χ2n) is 5.22. The third kappa shape index (κ3) is 5.93. The Bertz CT molecular complexity index is 440. The van der Waals surface area contributed by atoms with Crippen LogP contribution in [0.4, 0.5) is 0 Å². The van der Waals surface area contributed by atoms with Crippen LogP contribution >= 0.6 is 0 Å². The van der Waals surface area contributed by atoms with Crippen LogP contribution in [0.25, 0.3) is 0 Å². The van der Waals surface area contributed by atoms with E-state index >= 15 is 0 Å². The summed E-state index contributed by atoms with van der Waals surface area (Å²) in [5.41, 5.74) is 1.19. The average molecular weight is 306 g/mol. The van der Waals surface area contributed by atoms with E-state index in [-0.39, 0.29) is 0 Å². The summed E-state index contributed by atoms with van der Waals surface area (Å²) >= 11 is 0. The smallest absolute Gasteiger partial charge is 0.191 e. The summed E-state index contributed by atoms with van der Waals surface area (Å²) in [6.45, 7) is 10.4. The topological polar surface area (TPSA) is 48.9 Å². The minimum Gasteiger partial charge on any atom is -0.497 e. The fourth-order valence-corrected chi connectivity index (χ4v) is 2.37. The number of aliphatic imine (C=N–C) groups is 1. The Labute approximate surface area is 134 Å². The molecule has 0 saturated carbocycles. The number of guanidine groups is 1. The average Bonchev–Trinajstić information content (AvgIpc) is 2.56. The van der Waals surface area contributed by atoms with Gasteiger partial charge < -0.3 is 15.4 Å².